The number of nitro groups is 1. The Hall–Kier alpha value is -1.89. The van der Waals surface area contributed by atoms with Crippen molar-refractivity contribution in [2.75, 3.05) is 37.4 Å². The lowest BCUT2D eigenvalue weighted by Crippen LogP contribution is -2.22. The van der Waals surface area contributed by atoms with Crippen molar-refractivity contribution in [3.8, 4) is 0 Å². The third kappa shape index (κ3) is 2.67. The van der Waals surface area contributed by atoms with Crippen LogP contribution in [0.2, 0.25) is 0 Å². The summed E-state index contributed by atoms with van der Waals surface area (Å²) in [4.78, 5) is 16.5. The van der Waals surface area contributed by atoms with Crippen LogP contribution in [-0.4, -0.2) is 36.7 Å². The lowest BCUT2D eigenvalue weighted by atomic mass is 10.1. The Morgan fingerprint density at radius 1 is 1.67 bits per heavy atom. The molecule has 1 aromatic heterocycles. The van der Waals surface area contributed by atoms with Gasteiger partial charge in [0.1, 0.15) is 11.6 Å². The molecule has 7 heteroatoms. The van der Waals surface area contributed by atoms with Crippen molar-refractivity contribution in [2.45, 2.75) is 6.42 Å². The fourth-order valence-electron chi connectivity index (χ4n) is 2.20. The van der Waals surface area contributed by atoms with Gasteiger partial charge in [-0.25, -0.2) is 4.98 Å². The van der Waals surface area contributed by atoms with Crippen LogP contribution in [0, 0.1) is 16.0 Å². The maximum absolute atomic E-state index is 10.8. The van der Waals surface area contributed by atoms with Gasteiger partial charge in [0.05, 0.1) is 23.7 Å². The molecule has 98 valence electrons. The van der Waals surface area contributed by atoms with Crippen LogP contribution < -0.4 is 10.6 Å². The Balaban J connectivity index is 2.16. The van der Waals surface area contributed by atoms with E-state index in [9.17, 15) is 10.1 Å². The summed E-state index contributed by atoms with van der Waals surface area (Å²) >= 11 is 0. The van der Waals surface area contributed by atoms with Crippen molar-refractivity contribution < 1.29 is 9.66 Å². The Morgan fingerprint density at radius 3 is 3.11 bits per heavy atom. The van der Waals surface area contributed by atoms with Gasteiger partial charge in [-0.2, -0.15) is 0 Å². The quantitative estimate of drug-likeness (QED) is 0.635. The number of rotatable bonds is 4. The normalized spacial score (nSPS) is 19.2. The lowest BCUT2D eigenvalue weighted by molar-refractivity contribution is -0.384. The first-order chi connectivity index (χ1) is 8.60. The summed E-state index contributed by atoms with van der Waals surface area (Å²) in [5.41, 5.74) is 5.57. The molecule has 1 fully saturated rings. The standard InChI is InChI=1S/C11H16N4O3/c1-18-7-8-2-3-14(6-8)11-5-9(15(16)17)4-10(12)13-11/h4-5,8H,2-3,6-7H2,1H3,(H2,12,13). The molecule has 0 radical (unpaired) electrons. The van der Waals surface area contributed by atoms with Gasteiger partial charge >= 0.3 is 0 Å². The highest BCUT2D eigenvalue weighted by Gasteiger charge is 2.24. The molecule has 18 heavy (non-hydrogen) atoms. The Morgan fingerprint density at radius 2 is 2.44 bits per heavy atom. The number of pyridine rings is 1. The number of hydrogen-bond donors (Lipinski definition) is 1. The van der Waals surface area contributed by atoms with Crippen molar-refractivity contribution in [3.63, 3.8) is 0 Å². The predicted molar refractivity (Wildman–Crippen MR) is 67.5 cm³/mol. The fourth-order valence-corrected chi connectivity index (χ4v) is 2.20. The molecule has 0 aromatic carbocycles. The minimum Gasteiger partial charge on any atom is -0.384 e. The van der Waals surface area contributed by atoms with Gasteiger partial charge in [-0.1, -0.05) is 0 Å². The average molecular weight is 252 g/mol. The van der Waals surface area contributed by atoms with Crippen LogP contribution in [0.15, 0.2) is 12.1 Å². The van der Waals surface area contributed by atoms with Gasteiger partial charge in [0.25, 0.3) is 5.69 Å². The first kappa shape index (κ1) is 12.6. The van der Waals surface area contributed by atoms with E-state index < -0.39 is 4.92 Å². The number of methoxy groups -OCH3 is 1. The van der Waals surface area contributed by atoms with Gasteiger partial charge in [-0.15, -0.1) is 0 Å². The maximum atomic E-state index is 10.8. The SMILES string of the molecule is COCC1CCN(c2cc([N+](=O)[O-])cc(N)n2)C1. The molecular formula is C11H16N4O3. The maximum Gasteiger partial charge on any atom is 0.276 e. The van der Waals surface area contributed by atoms with Gasteiger partial charge in [-0.3, -0.25) is 10.1 Å². The number of aromatic nitrogens is 1. The number of ether oxygens (including phenoxy) is 1. The van der Waals surface area contributed by atoms with Crippen LogP contribution in [-0.2, 0) is 4.74 Å². The van der Waals surface area contributed by atoms with Crippen molar-refractivity contribution >= 4 is 17.3 Å². The molecule has 0 aliphatic carbocycles. The monoisotopic (exact) mass is 252 g/mol. The van der Waals surface area contributed by atoms with Crippen LogP contribution in [0.4, 0.5) is 17.3 Å². The number of nitrogen functional groups attached to an aromatic ring is 1. The second-order valence-electron chi connectivity index (χ2n) is 4.42. The van der Waals surface area contributed by atoms with E-state index in [-0.39, 0.29) is 11.5 Å². The van der Waals surface area contributed by atoms with E-state index in [1.807, 2.05) is 4.90 Å². The van der Waals surface area contributed by atoms with Gasteiger partial charge in [0.15, 0.2) is 0 Å². The van der Waals surface area contributed by atoms with Gasteiger partial charge < -0.3 is 15.4 Å². The Kier molecular flexibility index (Phi) is 3.61. The molecule has 0 bridgehead atoms. The Bertz CT molecular complexity index is 452. The molecular weight excluding hydrogens is 236 g/mol. The molecule has 1 aromatic rings. The highest BCUT2D eigenvalue weighted by atomic mass is 16.6. The fraction of sp³-hybridized carbons (Fsp3) is 0.545. The molecule has 2 rings (SSSR count). The highest BCUT2D eigenvalue weighted by molar-refractivity contribution is 5.54. The zero-order chi connectivity index (χ0) is 13.1. The molecule has 7 nitrogen and oxygen atoms in total. The second-order valence-corrected chi connectivity index (χ2v) is 4.42. The predicted octanol–water partition coefficient (Wildman–Crippen LogP) is 1.04. The van der Waals surface area contributed by atoms with E-state index in [2.05, 4.69) is 4.98 Å². The van der Waals surface area contributed by atoms with Crippen molar-refractivity contribution in [3.05, 3.63) is 22.2 Å². The summed E-state index contributed by atoms with van der Waals surface area (Å²) < 4.78 is 5.12. The van der Waals surface area contributed by atoms with Crippen molar-refractivity contribution in [1.82, 2.24) is 4.98 Å². The summed E-state index contributed by atoms with van der Waals surface area (Å²) in [6.45, 7) is 2.31. The molecule has 1 atom stereocenters. The van der Waals surface area contributed by atoms with Crippen molar-refractivity contribution in [1.29, 1.82) is 0 Å². The highest BCUT2D eigenvalue weighted by Crippen LogP contribution is 2.26. The minimum atomic E-state index is -0.454. The lowest BCUT2D eigenvalue weighted by Gasteiger charge is -2.17. The van der Waals surface area contributed by atoms with E-state index in [4.69, 9.17) is 10.5 Å². The smallest absolute Gasteiger partial charge is 0.276 e. The molecule has 1 saturated heterocycles. The molecule has 2 heterocycles. The summed E-state index contributed by atoms with van der Waals surface area (Å²) in [6.07, 6.45) is 0.998. The van der Waals surface area contributed by atoms with Gasteiger partial charge in [0.2, 0.25) is 0 Å². The molecule has 1 aliphatic heterocycles. The van der Waals surface area contributed by atoms with Crippen LogP contribution >= 0.6 is 0 Å². The van der Waals surface area contributed by atoms with Gasteiger partial charge in [-0.05, 0) is 6.42 Å². The molecule has 2 N–H and O–H groups in total. The summed E-state index contributed by atoms with van der Waals surface area (Å²) in [7, 11) is 1.67. The van der Waals surface area contributed by atoms with Crippen molar-refractivity contribution in [2.24, 2.45) is 5.92 Å². The molecule has 1 aliphatic rings. The van der Waals surface area contributed by atoms with E-state index >= 15 is 0 Å². The van der Waals surface area contributed by atoms with Gasteiger partial charge in [0, 0.05) is 26.1 Å². The number of hydrogen-bond acceptors (Lipinski definition) is 6. The summed E-state index contributed by atoms with van der Waals surface area (Å²) in [6, 6.07) is 2.73. The van der Waals surface area contributed by atoms with Crippen LogP contribution in [0.5, 0.6) is 0 Å². The van der Waals surface area contributed by atoms with Crippen LogP contribution in [0.1, 0.15) is 6.42 Å². The molecule has 0 amide bonds. The Labute approximate surface area is 105 Å². The van der Waals surface area contributed by atoms with E-state index in [1.54, 1.807) is 7.11 Å². The molecule has 1 unspecified atom stereocenters. The third-order valence-electron chi connectivity index (χ3n) is 3.04. The second kappa shape index (κ2) is 5.18. The number of nitrogens with zero attached hydrogens (tertiary/aromatic N) is 3. The first-order valence-electron chi connectivity index (χ1n) is 5.76. The van der Waals surface area contributed by atoms with Crippen LogP contribution in [0.25, 0.3) is 0 Å². The number of anilines is 2. The largest absolute Gasteiger partial charge is 0.384 e. The van der Waals surface area contributed by atoms with E-state index in [0.717, 1.165) is 19.5 Å². The molecule has 0 spiro atoms. The molecule has 0 saturated carbocycles. The zero-order valence-corrected chi connectivity index (χ0v) is 10.2. The zero-order valence-electron chi connectivity index (χ0n) is 10.2. The summed E-state index contributed by atoms with van der Waals surface area (Å²) in [5, 5.41) is 10.8. The third-order valence-corrected chi connectivity index (χ3v) is 3.04. The minimum absolute atomic E-state index is 0.0207. The topological polar surface area (TPSA) is 94.5 Å². The average Bonchev–Trinajstić information content (AvgIpc) is 2.77. The summed E-state index contributed by atoms with van der Waals surface area (Å²) in [5.74, 6) is 1.19. The number of nitrogens with two attached hydrogens (primary N) is 1. The van der Waals surface area contributed by atoms with E-state index in [0.29, 0.717) is 18.3 Å². The van der Waals surface area contributed by atoms with Crippen LogP contribution in [0.3, 0.4) is 0 Å². The van der Waals surface area contributed by atoms with E-state index in [1.165, 1.54) is 12.1 Å². The first-order valence-corrected chi connectivity index (χ1v) is 5.76.